The van der Waals surface area contributed by atoms with Crippen molar-refractivity contribution in [3.63, 3.8) is 0 Å². The van der Waals surface area contributed by atoms with Crippen LogP contribution in [0.5, 0.6) is 0 Å². The fraction of sp³-hybridized carbons (Fsp3) is 0.639. The number of hydrogen-bond acceptors (Lipinski definition) is 11. The standard InChI is InChI=1S/C36H50N8O8S2/c1-35(2,50)29-21-38-41-44(29)25-20-28(33(48)40-36(30(45)31(37)46)13-17-53-18-14-36)43(22-25)34(49)27(19-23-7-4-3-5-8-23)39-32(47)24-9-11-26(12-10-24)54(51,52)42-15-6-16-42/h9-12,21,23,25,27-28,50H,3-8,13-20,22H2,1-2H3,(H2,37,46)(H,39,47)(H,40,48)/t25?,27-,28?/m1/s1. The van der Waals surface area contributed by atoms with Crippen molar-refractivity contribution in [3.05, 3.63) is 41.7 Å². The number of carbonyl (C=O) groups is 5. The van der Waals surface area contributed by atoms with Gasteiger partial charge in [0.15, 0.2) is 0 Å². The number of aliphatic hydroxyl groups is 1. The van der Waals surface area contributed by atoms with Gasteiger partial charge in [-0.15, -0.1) is 5.10 Å². The minimum Gasteiger partial charge on any atom is -0.384 e. The zero-order chi connectivity index (χ0) is 38.8. The molecule has 0 radical (unpaired) electrons. The number of primary amides is 1. The fourth-order valence-electron chi connectivity index (χ4n) is 7.99. The number of benzene rings is 1. The SMILES string of the molecule is CC(C)(O)c1cnnn1C1CC(C(=O)NC2(C(=O)C(N)=O)CCSCC2)N(C(=O)[C@@H](CC2CCCCC2)NC(=O)c2ccc(S(=O)(=O)N3CCC3)cc2)C1. The zero-order valence-corrected chi connectivity index (χ0v) is 32.4. The molecule has 0 spiro atoms. The lowest BCUT2D eigenvalue weighted by atomic mass is 9.84. The molecule has 5 N–H and O–H groups in total. The van der Waals surface area contributed by atoms with Crippen molar-refractivity contribution in [1.29, 1.82) is 0 Å². The second-order valence-electron chi connectivity index (χ2n) is 15.4. The molecule has 4 heterocycles. The van der Waals surface area contributed by atoms with Gasteiger partial charge in [-0.1, -0.05) is 37.3 Å². The molecule has 54 heavy (non-hydrogen) atoms. The lowest BCUT2D eigenvalue weighted by molar-refractivity contribution is -0.145. The van der Waals surface area contributed by atoms with E-state index in [1.54, 1.807) is 25.6 Å². The predicted octanol–water partition coefficient (Wildman–Crippen LogP) is 1.25. The van der Waals surface area contributed by atoms with Gasteiger partial charge in [0.25, 0.3) is 11.8 Å². The van der Waals surface area contributed by atoms with Crippen LogP contribution in [0.4, 0.5) is 0 Å². The first-order valence-electron chi connectivity index (χ1n) is 18.7. The molecule has 1 saturated carbocycles. The van der Waals surface area contributed by atoms with Gasteiger partial charge >= 0.3 is 0 Å². The number of nitrogens with one attached hydrogen (secondary N) is 2. The van der Waals surface area contributed by atoms with Crippen LogP contribution >= 0.6 is 11.8 Å². The molecular formula is C36H50N8O8S2. The average Bonchev–Trinajstić information content (AvgIpc) is 3.79. The van der Waals surface area contributed by atoms with Gasteiger partial charge in [-0.3, -0.25) is 24.0 Å². The number of nitrogens with zero attached hydrogens (tertiary/aromatic N) is 5. The second-order valence-corrected chi connectivity index (χ2v) is 18.6. The Bertz CT molecular complexity index is 1850. The van der Waals surface area contributed by atoms with E-state index >= 15 is 0 Å². The molecule has 3 saturated heterocycles. The maximum Gasteiger partial charge on any atom is 0.287 e. The Kier molecular flexibility index (Phi) is 11.9. The summed E-state index contributed by atoms with van der Waals surface area (Å²) in [6.07, 6.45) is 7.78. The summed E-state index contributed by atoms with van der Waals surface area (Å²) in [5, 5.41) is 24.8. The van der Waals surface area contributed by atoms with Crippen molar-refractivity contribution in [2.75, 3.05) is 31.1 Å². The summed E-state index contributed by atoms with van der Waals surface area (Å²) >= 11 is 1.59. The number of Topliss-reactive ketones (excluding diaryl/α,β-unsaturated/α-hetero) is 1. The molecule has 0 bridgehead atoms. The summed E-state index contributed by atoms with van der Waals surface area (Å²) in [5.41, 5.74) is 3.13. The third-order valence-corrected chi connectivity index (χ3v) is 14.1. The summed E-state index contributed by atoms with van der Waals surface area (Å²) in [4.78, 5) is 69.8. The normalized spacial score (nSPS) is 22.9. The zero-order valence-electron chi connectivity index (χ0n) is 30.7. The third kappa shape index (κ3) is 8.35. The topological polar surface area (TPSA) is 227 Å². The van der Waals surface area contributed by atoms with Crippen LogP contribution in [0.15, 0.2) is 35.4 Å². The number of aromatic nitrogens is 3. The molecule has 3 aliphatic heterocycles. The Morgan fingerprint density at radius 2 is 1.70 bits per heavy atom. The quantitative estimate of drug-likeness (QED) is 0.211. The molecule has 4 aliphatic rings. The van der Waals surface area contributed by atoms with E-state index in [4.69, 9.17) is 5.73 Å². The summed E-state index contributed by atoms with van der Waals surface area (Å²) in [6, 6.07) is 2.83. The van der Waals surface area contributed by atoms with Crippen LogP contribution in [0.2, 0.25) is 0 Å². The summed E-state index contributed by atoms with van der Waals surface area (Å²) in [5.74, 6) is -2.59. The number of hydrogen-bond donors (Lipinski definition) is 4. The first kappa shape index (κ1) is 39.8. The van der Waals surface area contributed by atoms with Crippen molar-refractivity contribution in [1.82, 2.24) is 34.8 Å². The average molecular weight is 787 g/mol. The van der Waals surface area contributed by atoms with Crippen molar-refractivity contribution in [3.8, 4) is 0 Å². The van der Waals surface area contributed by atoms with Crippen molar-refractivity contribution in [2.45, 2.75) is 112 Å². The molecule has 6 rings (SSSR count). The molecule has 2 aromatic rings. The highest BCUT2D eigenvalue weighted by Gasteiger charge is 2.49. The van der Waals surface area contributed by atoms with Crippen molar-refractivity contribution in [2.24, 2.45) is 11.7 Å². The first-order chi connectivity index (χ1) is 25.6. The Hall–Kier alpha value is -3.87. The smallest absolute Gasteiger partial charge is 0.287 e. The molecular weight excluding hydrogens is 737 g/mol. The molecule has 16 nitrogen and oxygen atoms in total. The van der Waals surface area contributed by atoms with E-state index in [0.717, 1.165) is 38.5 Å². The number of amides is 4. The highest BCUT2D eigenvalue weighted by Crippen LogP contribution is 2.35. The van der Waals surface area contributed by atoms with Crippen LogP contribution in [0, 0.1) is 5.92 Å². The molecule has 18 heteroatoms. The summed E-state index contributed by atoms with van der Waals surface area (Å²) in [7, 11) is -3.66. The van der Waals surface area contributed by atoms with Gasteiger partial charge in [0, 0.05) is 31.6 Å². The second kappa shape index (κ2) is 16.1. The van der Waals surface area contributed by atoms with Gasteiger partial charge in [-0.05, 0) is 81.2 Å². The Morgan fingerprint density at radius 1 is 1.04 bits per heavy atom. The van der Waals surface area contributed by atoms with E-state index in [-0.39, 0.29) is 42.2 Å². The van der Waals surface area contributed by atoms with Gasteiger partial charge in [-0.2, -0.15) is 16.1 Å². The molecule has 1 aromatic heterocycles. The lowest BCUT2D eigenvalue weighted by Crippen LogP contribution is -2.63. The van der Waals surface area contributed by atoms with Gasteiger partial charge in [0.2, 0.25) is 27.6 Å². The fourth-order valence-corrected chi connectivity index (χ4v) is 10.7. The molecule has 2 unspecified atom stereocenters. The highest BCUT2D eigenvalue weighted by molar-refractivity contribution is 7.99. The number of nitrogens with two attached hydrogens (primary N) is 1. The Morgan fingerprint density at radius 3 is 2.30 bits per heavy atom. The van der Waals surface area contributed by atoms with Crippen LogP contribution in [-0.4, -0.2) is 116 Å². The third-order valence-electron chi connectivity index (χ3n) is 11.2. The monoisotopic (exact) mass is 786 g/mol. The number of rotatable bonds is 13. The van der Waals surface area contributed by atoms with Crippen LogP contribution in [0.1, 0.15) is 100 Å². The highest BCUT2D eigenvalue weighted by atomic mass is 32.2. The van der Waals surface area contributed by atoms with E-state index in [0.29, 0.717) is 36.7 Å². The maximum absolute atomic E-state index is 14.8. The van der Waals surface area contributed by atoms with Crippen LogP contribution in [0.25, 0.3) is 0 Å². The number of sulfonamides is 1. The van der Waals surface area contributed by atoms with Crippen LogP contribution in [0.3, 0.4) is 0 Å². The lowest BCUT2D eigenvalue weighted by Gasteiger charge is -2.37. The molecule has 1 aromatic carbocycles. The van der Waals surface area contributed by atoms with E-state index in [1.165, 1.54) is 44.3 Å². The molecule has 294 valence electrons. The molecule has 1 aliphatic carbocycles. The minimum absolute atomic E-state index is 0.0178. The van der Waals surface area contributed by atoms with Crippen LogP contribution < -0.4 is 16.4 Å². The number of ketones is 1. The van der Waals surface area contributed by atoms with E-state index < -0.39 is 68.7 Å². The predicted molar refractivity (Wildman–Crippen MR) is 198 cm³/mol. The summed E-state index contributed by atoms with van der Waals surface area (Å²) < 4.78 is 28.7. The van der Waals surface area contributed by atoms with Crippen LogP contribution in [-0.2, 0) is 34.8 Å². The maximum atomic E-state index is 14.8. The van der Waals surface area contributed by atoms with Gasteiger partial charge in [0.05, 0.1) is 22.8 Å². The number of thioether (sulfide) groups is 1. The van der Waals surface area contributed by atoms with Gasteiger partial charge < -0.3 is 26.4 Å². The Balaban J connectivity index is 1.30. The van der Waals surface area contributed by atoms with Crippen molar-refractivity contribution >= 4 is 51.2 Å². The van der Waals surface area contributed by atoms with E-state index in [1.807, 2.05) is 0 Å². The largest absolute Gasteiger partial charge is 0.384 e. The first-order valence-corrected chi connectivity index (χ1v) is 21.3. The van der Waals surface area contributed by atoms with Gasteiger partial charge in [-0.25, -0.2) is 13.1 Å². The Labute approximate surface area is 319 Å². The van der Waals surface area contributed by atoms with Crippen molar-refractivity contribution < 1.29 is 37.5 Å². The van der Waals surface area contributed by atoms with E-state index in [9.17, 15) is 37.5 Å². The number of carbonyl (C=O) groups excluding carboxylic acids is 5. The number of likely N-dealkylation sites (tertiary alicyclic amines) is 1. The van der Waals surface area contributed by atoms with Gasteiger partial charge in [0.1, 0.15) is 23.2 Å². The van der Waals surface area contributed by atoms with E-state index in [2.05, 4.69) is 20.9 Å². The summed E-state index contributed by atoms with van der Waals surface area (Å²) in [6.45, 7) is 4.03. The molecule has 3 atom stereocenters. The molecule has 4 amide bonds. The minimum atomic E-state index is -3.66. The molecule has 4 fully saturated rings.